The Hall–Kier alpha value is -2.70. The molecule has 1 amide bonds. The average molecular weight is 331 g/mol. The van der Waals surface area contributed by atoms with Crippen molar-refractivity contribution in [2.24, 2.45) is 0 Å². The third kappa shape index (κ3) is 5.83. The fourth-order valence-electron chi connectivity index (χ4n) is 2.23. The van der Waals surface area contributed by atoms with E-state index in [1.165, 1.54) is 0 Å². The molecule has 2 aromatic rings. The van der Waals surface area contributed by atoms with E-state index in [0.717, 1.165) is 5.56 Å². The molecule has 1 atom stereocenters. The number of carbonyl (C=O) groups excluding carboxylic acids is 1. The third-order valence-electron chi connectivity index (χ3n) is 3.49. The Morgan fingerprint density at radius 3 is 2.62 bits per heavy atom. The van der Waals surface area contributed by atoms with Crippen LogP contribution < -0.4 is 5.32 Å². The van der Waals surface area contributed by atoms with Gasteiger partial charge in [-0.2, -0.15) is 4.98 Å². The van der Waals surface area contributed by atoms with Crippen LogP contribution in [0.15, 0.2) is 34.9 Å². The molecule has 1 aromatic heterocycles. The second-order valence-electron chi connectivity index (χ2n) is 5.60. The summed E-state index contributed by atoms with van der Waals surface area (Å²) in [4.78, 5) is 26.5. The molecule has 1 aromatic carbocycles. The van der Waals surface area contributed by atoms with Crippen LogP contribution in [0.1, 0.15) is 55.9 Å². The van der Waals surface area contributed by atoms with Gasteiger partial charge in [0.05, 0.1) is 12.5 Å². The smallest absolute Gasteiger partial charge is 0.303 e. The lowest BCUT2D eigenvalue weighted by Crippen LogP contribution is -2.27. The topological polar surface area (TPSA) is 105 Å². The van der Waals surface area contributed by atoms with E-state index in [0.29, 0.717) is 31.0 Å². The molecule has 0 aliphatic carbocycles. The first kappa shape index (κ1) is 17.7. The predicted molar refractivity (Wildman–Crippen MR) is 86.2 cm³/mol. The number of nitrogens with one attached hydrogen (secondary N) is 1. The summed E-state index contributed by atoms with van der Waals surface area (Å²) < 4.78 is 5.22. The van der Waals surface area contributed by atoms with E-state index in [4.69, 9.17) is 9.63 Å². The minimum atomic E-state index is -0.846. The van der Waals surface area contributed by atoms with E-state index in [2.05, 4.69) is 15.5 Å². The van der Waals surface area contributed by atoms with Gasteiger partial charge in [-0.1, -0.05) is 35.5 Å². The molecular formula is C17H21N3O4. The van der Waals surface area contributed by atoms with Gasteiger partial charge in [-0.05, 0) is 25.3 Å². The highest BCUT2D eigenvalue weighted by Crippen LogP contribution is 2.12. The fourth-order valence-corrected chi connectivity index (χ4v) is 2.23. The predicted octanol–water partition coefficient (Wildman–Crippen LogP) is 2.48. The minimum Gasteiger partial charge on any atom is -0.481 e. The van der Waals surface area contributed by atoms with Gasteiger partial charge in [0.1, 0.15) is 0 Å². The second kappa shape index (κ2) is 8.81. The summed E-state index contributed by atoms with van der Waals surface area (Å²) in [6.07, 6.45) is 1.93. The standard InChI is InChI=1S/C17H21N3O4/c1-12(18-14(21)9-5-6-10-16(22)23)17-19-15(24-20-17)11-13-7-3-2-4-8-13/h2-4,7-8,12H,5-6,9-11H2,1H3,(H,18,21)(H,22,23). The van der Waals surface area contributed by atoms with Gasteiger partial charge in [0.15, 0.2) is 5.82 Å². The summed E-state index contributed by atoms with van der Waals surface area (Å²) in [6, 6.07) is 9.43. The zero-order valence-electron chi connectivity index (χ0n) is 13.6. The van der Waals surface area contributed by atoms with Crippen molar-refractivity contribution in [1.82, 2.24) is 15.5 Å². The summed E-state index contributed by atoms with van der Waals surface area (Å²) >= 11 is 0. The van der Waals surface area contributed by atoms with Gasteiger partial charge in [0.25, 0.3) is 0 Å². The van der Waals surface area contributed by atoms with Crippen LogP contribution in [0.5, 0.6) is 0 Å². The van der Waals surface area contributed by atoms with Crippen molar-refractivity contribution in [1.29, 1.82) is 0 Å². The number of hydrogen-bond donors (Lipinski definition) is 2. The van der Waals surface area contributed by atoms with E-state index >= 15 is 0 Å². The zero-order chi connectivity index (χ0) is 17.4. The Bertz CT molecular complexity index is 669. The largest absolute Gasteiger partial charge is 0.481 e. The Morgan fingerprint density at radius 2 is 1.92 bits per heavy atom. The lowest BCUT2D eigenvalue weighted by molar-refractivity contribution is -0.137. The van der Waals surface area contributed by atoms with Gasteiger partial charge in [-0.15, -0.1) is 0 Å². The van der Waals surface area contributed by atoms with E-state index in [-0.39, 0.29) is 24.8 Å². The normalized spacial score (nSPS) is 11.9. The number of rotatable bonds is 9. The van der Waals surface area contributed by atoms with Crippen LogP contribution in [0, 0.1) is 0 Å². The average Bonchev–Trinajstić information content (AvgIpc) is 3.01. The minimum absolute atomic E-state index is 0.0799. The maximum absolute atomic E-state index is 11.8. The number of unbranched alkanes of at least 4 members (excludes halogenated alkanes) is 1. The summed E-state index contributed by atoms with van der Waals surface area (Å²) in [7, 11) is 0. The van der Waals surface area contributed by atoms with Crippen molar-refractivity contribution in [3.63, 3.8) is 0 Å². The van der Waals surface area contributed by atoms with Crippen molar-refractivity contribution in [3.05, 3.63) is 47.6 Å². The lowest BCUT2D eigenvalue weighted by Gasteiger charge is -2.09. The van der Waals surface area contributed by atoms with Crippen LogP contribution in [0.2, 0.25) is 0 Å². The van der Waals surface area contributed by atoms with Crippen LogP contribution in [0.4, 0.5) is 0 Å². The Kier molecular flexibility index (Phi) is 6.48. The van der Waals surface area contributed by atoms with E-state index in [1.54, 1.807) is 6.92 Å². The molecule has 0 saturated heterocycles. The second-order valence-corrected chi connectivity index (χ2v) is 5.60. The van der Waals surface area contributed by atoms with Crippen molar-refractivity contribution in [3.8, 4) is 0 Å². The van der Waals surface area contributed by atoms with Gasteiger partial charge in [-0.3, -0.25) is 9.59 Å². The molecule has 0 radical (unpaired) electrons. The van der Waals surface area contributed by atoms with Crippen LogP contribution in [0.3, 0.4) is 0 Å². The van der Waals surface area contributed by atoms with Crippen LogP contribution in [0.25, 0.3) is 0 Å². The molecule has 24 heavy (non-hydrogen) atoms. The van der Waals surface area contributed by atoms with Gasteiger partial charge in [0, 0.05) is 12.8 Å². The number of aliphatic carboxylic acids is 1. The Labute approximate surface area is 140 Å². The van der Waals surface area contributed by atoms with Crippen molar-refractivity contribution in [2.45, 2.75) is 45.1 Å². The molecular weight excluding hydrogens is 310 g/mol. The summed E-state index contributed by atoms with van der Waals surface area (Å²) in [5.41, 5.74) is 1.07. The number of amides is 1. The maximum atomic E-state index is 11.8. The van der Waals surface area contributed by atoms with Crippen LogP contribution in [-0.2, 0) is 16.0 Å². The molecule has 2 rings (SSSR count). The molecule has 0 aliphatic rings. The maximum Gasteiger partial charge on any atom is 0.303 e. The molecule has 7 heteroatoms. The molecule has 1 heterocycles. The first-order chi connectivity index (χ1) is 11.5. The Balaban J connectivity index is 1.79. The number of nitrogens with zero attached hydrogens (tertiary/aromatic N) is 2. The highest BCUT2D eigenvalue weighted by Gasteiger charge is 2.16. The molecule has 128 valence electrons. The fraction of sp³-hybridized carbons (Fsp3) is 0.412. The monoisotopic (exact) mass is 331 g/mol. The number of carbonyl (C=O) groups is 2. The number of carboxylic acid groups (broad SMARTS) is 1. The molecule has 2 N–H and O–H groups in total. The summed E-state index contributed by atoms with van der Waals surface area (Å²) in [6.45, 7) is 1.78. The van der Waals surface area contributed by atoms with E-state index < -0.39 is 5.97 Å². The molecule has 0 aliphatic heterocycles. The number of hydrogen-bond acceptors (Lipinski definition) is 5. The molecule has 0 spiro atoms. The van der Waals surface area contributed by atoms with Gasteiger partial charge in [0.2, 0.25) is 11.8 Å². The van der Waals surface area contributed by atoms with E-state index in [1.807, 2.05) is 30.3 Å². The molecule has 0 saturated carbocycles. The molecule has 0 fully saturated rings. The highest BCUT2D eigenvalue weighted by atomic mass is 16.5. The van der Waals surface area contributed by atoms with Gasteiger partial charge >= 0.3 is 5.97 Å². The SMILES string of the molecule is CC(NC(=O)CCCCC(=O)O)c1noc(Cc2ccccc2)n1. The van der Waals surface area contributed by atoms with E-state index in [9.17, 15) is 9.59 Å². The summed E-state index contributed by atoms with van der Waals surface area (Å²) in [5.74, 6) is -0.0672. The third-order valence-corrected chi connectivity index (χ3v) is 3.49. The molecule has 1 unspecified atom stereocenters. The molecule has 0 bridgehead atoms. The molecule has 7 nitrogen and oxygen atoms in total. The number of benzene rings is 1. The summed E-state index contributed by atoms with van der Waals surface area (Å²) in [5, 5.41) is 15.2. The van der Waals surface area contributed by atoms with Gasteiger partial charge in [-0.25, -0.2) is 0 Å². The first-order valence-electron chi connectivity index (χ1n) is 7.92. The highest BCUT2D eigenvalue weighted by molar-refractivity contribution is 5.76. The van der Waals surface area contributed by atoms with Crippen molar-refractivity contribution in [2.75, 3.05) is 0 Å². The Morgan fingerprint density at radius 1 is 1.21 bits per heavy atom. The number of aromatic nitrogens is 2. The van der Waals surface area contributed by atoms with Crippen molar-refractivity contribution < 1.29 is 19.2 Å². The lowest BCUT2D eigenvalue weighted by atomic mass is 10.1. The van der Waals surface area contributed by atoms with Crippen LogP contribution in [-0.4, -0.2) is 27.1 Å². The van der Waals surface area contributed by atoms with Crippen molar-refractivity contribution >= 4 is 11.9 Å². The first-order valence-corrected chi connectivity index (χ1v) is 7.92. The van der Waals surface area contributed by atoms with Gasteiger partial charge < -0.3 is 14.9 Å². The van der Waals surface area contributed by atoms with Crippen LogP contribution >= 0.6 is 0 Å². The number of carboxylic acids is 1. The quantitative estimate of drug-likeness (QED) is 0.684. The zero-order valence-corrected chi connectivity index (χ0v) is 13.6.